The molecule has 3 aromatic rings. The van der Waals surface area contributed by atoms with Crippen molar-refractivity contribution in [3.63, 3.8) is 0 Å². The number of aryl methyl sites for hydroxylation is 3. The van der Waals surface area contributed by atoms with Gasteiger partial charge < -0.3 is 10.7 Å². The normalized spacial score (nSPS) is 11.1. The van der Waals surface area contributed by atoms with Crippen molar-refractivity contribution >= 4 is 16.6 Å². The Bertz CT molecular complexity index is 752. The van der Waals surface area contributed by atoms with Gasteiger partial charge in [0.15, 0.2) is 0 Å². The second-order valence-electron chi connectivity index (χ2n) is 5.15. The van der Waals surface area contributed by atoms with Gasteiger partial charge in [0.05, 0.1) is 0 Å². The van der Waals surface area contributed by atoms with E-state index in [1.165, 1.54) is 33.3 Å². The molecule has 0 saturated carbocycles. The molecule has 0 spiro atoms. The first-order chi connectivity index (χ1) is 9.09. The molecule has 0 unspecified atom stereocenters. The van der Waals surface area contributed by atoms with Crippen LogP contribution in [0.1, 0.15) is 16.7 Å². The Morgan fingerprint density at radius 2 is 1.63 bits per heavy atom. The van der Waals surface area contributed by atoms with Gasteiger partial charge in [0.1, 0.15) is 0 Å². The van der Waals surface area contributed by atoms with Crippen molar-refractivity contribution < 1.29 is 0 Å². The fraction of sp³-hybridized carbons (Fsp3) is 0.176. The maximum absolute atomic E-state index is 6.15. The van der Waals surface area contributed by atoms with Gasteiger partial charge in [-0.1, -0.05) is 30.3 Å². The van der Waals surface area contributed by atoms with Gasteiger partial charge >= 0.3 is 0 Å². The van der Waals surface area contributed by atoms with Crippen molar-refractivity contribution in [3.8, 4) is 11.3 Å². The Hall–Kier alpha value is -2.22. The Morgan fingerprint density at radius 3 is 2.32 bits per heavy atom. The van der Waals surface area contributed by atoms with Crippen molar-refractivity contribution in [2.24, 2.45) is 0 Å². The van der Waals surface area contributed by atoms with Crippen LogP contribution < -0.4 is 5.73 Å². The summed E-state index contributed by atoms with van der Waals surface area (Å²) in [6.07, 6.45) is 0. The Labute approximate surface area is 113 Å². The molecule has 1 heterocycles. The molecular weight excluding hydrogens is 232 g/mol. The van der Waals surface area contributed by atoms with Crippen LogP contribution in [0.4, 0.5) is 5.69 Å². The summed E-state index contributed by atoms with van der Waals surface area (Å²) < 4.78 is 0. The summed E-state index contributed by atoms with van der Waals surface area (Å²) in [6, 6.07) is 12.6. The summed E-state index contributed by atoms with van der Waals surface area (Å²) in [4.78, 5) is 3.53. The van der Waals surface area contributed by atoms with E-state index >= 15 is 0 Å². The van der Waals surface area contributed by atoms with Gasteiger partial charge in [0, 0.05) is 22.3 Å². The van der Waals surface area contributed by atoms with Crippen LogP contribution >= 0.6 is 0 Å². The summed E-state index contributed by atoms with van der Waals surface area (Å²) >= 11 is 0. The maximum atomic E-state index is 6.15. The number of nitrogens with two attached hydrogens (primary N) is 1. The number of hydrogen-bond acceptors (Lipinski definition) is 1. The minimum absolute atomic E-state index is 0.897. The van der Waals surface area contributed by atoms with Crippen LogP contribution in [0.2, 0.25) is 0 Å². The van der Waals surface area contributed by atoms with E-state index in [0.29, 0.717) is 0 Å². The van der Waals surface area contributed by atoms with Crippen molar-refractivity contribution in [1.82, 2.24) is 4.98 Å². The van der Waals surface area contributed by atoms with E-state index in [0.717, 1.165) is 11.3 Å². The number of nitrogens with one attached hydrogen (secondary N) is 1. The van der Waals surface area contributed by atoms with Crippen LogP contribution in [-0.2, 0) is 0 Å². The number of benzene rings is 2. The SMILES string of the molecule is Cc1cc2[nH]c(-c3ccccc3)c(C)c2c(C)c1N. The monoisotopic (exact) mass is 250 g/mol. The van der Waals surface area contributed by atoms with Crippen LogP contribution in [0.5, 0.6) is 0 Å². The average molecular weight is 250 g/mol. The molecule has 0 aliphatic carbocycles. The smallest absolute Gasteiger partial charge is 0.0494 e. The standard InChI is InChI=1S/C17H18N2/c1-10-9-14-15(11(2)16(10)18)12(3)17(19-14)13-7-5-4-6-8-13/h4-9,19H,18H2,1-3H3. The number of aromatic amines is 1. The zero-order chi connectivity index (χ0) is 13.6. The van der Waals surface area contributed by atoms with Gasteiger partial charge in [-0.2, -0.15) is 0 Å². The molecule has 96 valence electrons. The Balaban J connectivity index is 2.36. The quantitative estimate of drug-likeness (QED) is 0.620. The van der Waals surface area contributed by atoms with Crippen molar-refractivity contribution in [2.45, 2.75) is 20.8 Å². The van der Waals surface area contributed by atoms with Crippen LogP contribution in [0.3, 0.4) is 0 Å². The zero-order valence-corrected chi connectivity index (χ0v) is 11.5. The predicted octanol–water partition coefficient (Wildman–Crippen LogP) is 4.34. The number of nitrogen functional groups attached to an aromatic ring is 1. The van der Waals surface area contributed by atoms with Crippen molar-refractivity contribution in [1.29, 1.82) is 0 Å². The molecular formula is C17H18N2. The molecule has 0 saturated heterocycles. The fourth-order valence-corrected chi connectivity index (χ4v) is 2.83. The van der Waals surface area contributed by atoms with Crippen LogP contribution in [0, 0.1) is 20.8 Å². The van der Waals surface area contributed by atoms with E-state index in [1.54, 1.807) is 0 Å². The molecule has 0 bridgehead atoms. The second kappa shape index (κ2) is 4.16. The topological polar surface area (TPSA) is 41.8 Å². The Morgan fingerprint density at radius 1 is 0.947 bits per heavy atom. The van der Waals surface area contributed by atoms with Crippen molar-refractivity contribution in [2.75, 3.05) is 5.73 Å². The maximum Gasteiger partial charge on any atom is 0.0494 e. The molecule has 2 nitrogen and oxygen atoms in total. The molecule has 0 amide bonds. The molecule has 3 rings (SSSR count). The number of hydrogen-bond donors (Lipinski definition) is 2. The van der Waals surface area contributed by atoms with Crippen molar-refractivity contribution in [3.05, 3.63) is 53.1 Å². The third-order valence-corrected chi connectivity index (χ3v) is 3.91. The number of anilines is 1. The van der Waals surface area contributed by atoms with E-state index in [1.807, 2.05) is 6.07 Å². The first kappa shape index (κ1) is 11.8. The predicted molar refractivity (Wildman–Crippen MR) is 82.4 cm³/mol. The van der Waals surface area contributed by atoms with E-state index in [2.05, 4.69) is 56.1 Å². The summed E-state index contributed by atoms with van der Waals surface area (Å²) in [7, 11) is 0. The summed E-state index contributed by atoms with van der Waals surface area (Å²) in [6.45, 7) is 6.31. The minimum Gasteiger partial charge on any atom is -0.398 e. The third-order valence-electron chi connectivity index (χ3n) is 3.91. The lowest BCUT2D eigenvalue weighted by Gasteiger charge is -2.06. The minimum atomic E-state index is 0.897. The Kier molecular flexibility index (Phi) is 2.59. The fourth-order valence-electron chi connectivity index (χ4n) is 2.83. The molecule has 2 heteroatoms. The van der Waals surface area contributed by atoms with E-state index < -0.39 is 0 Å². The first-order valence-electron chi connectivity index (χ1n) is 6.53. The molecule has 0 fully saturated rings. The highest BCUT2D eigenvalue weighted by Crippen LogP contribution is 2.34. The molecule has 0 aliphatic rings. The lowest BCUT2D eigenvalue weighted by atomic mass is 10.0. The first-order valence-corrected chi connectivity index (χ1v) is 6.53. The van der Waals surface area contributed by atoms with Gasteiger partial charge in [0.25, 0.3) is 0 Å². The molecule has 0 atom stereocenters. The zero-order valence-electron chi connectivity index (χ0n) is 11.5. The highest BCUT2D eigenvalue weighted by Gasteiger charge is 2.13. The number of fused-ring (bicyclic) bond motifs is 1. The van der Waals surface area contributed by atoms with Gasteiger partial charge in [-0.3, -0.25) is 0 Å². The van der Waals surface area contributed by atoms with Gasteiger partial charge in [-0.15, -0.1) is 0 Å². The molecule has 0 radical (unpaired) electrons. The number of rotatable bonds is 1. The summed E-state index contributed by atoms with van der Waals surface area (Å²) in [5.74, 6) is 0. The molecule has 3 N–H and O–H groups in total. The van der Waals surface area contributed by atoms with Crippen LogP contribution in [-0.4, -0.2) is 4.98 Å². The molecule has 19 heavy (non-hydrogen) atoms. The summed E-state index contributed by atoms with van der Waals surface area (Å²) in [5, 5.41) is 1.25. The van der Waals surface area contributed by atoms with E-state index in [9.17, 15) is 0 Å². The highest BCUT2D eigenvalue weighted by molar-refractivity contribution is 5.96. The molecule has 1 aromatic heterocycles. The second-order valence-corrected chi connectivity index (χ2v) is 5.15. The van der Waals surface area contributed by atoms with E-state index in [4.69, 9.17) is 5.73 Å². The lowest BCUT2D eigenvalue weighted by Crippen LogP contribution is -1.94. The largest absolute Gasteiger partial charge is 0.398 e. The number of aromatic nitrogens is 1. The molecule has 0 aliphatic heterocycles. The van der Waals surface area contributed by atoms with E-state index in [-0.39, 0.29) is 0 Å². The molecule has 2 aromatic carbocycles. The van der Waals surface area contributed by atoms with Gasteiger partial charge in [-0.05, 0) is 49.1 Å². The third kappa shape index (κ3) is 1.72. The van der Waals surface area contributed by atoms with Gasteiger partial charge in [0.2, 0.25) is 0 Å². The highest BCUT2D eigenvalue weighted by atomic mass is 14.7. The average Bonchev–Trinajstić information content (AvgIpc) is 2.74. The number of H-pyrrole nitrogens is 1. The van der Waals surface area contributed by atoms with Crippen LogP contribution in [0.25, 0.3) is 22.2 Å². The summed E-state index contributed by atoms with van der Waals surface area (Å²) in [5.41, 5.74) is 14.2. The van der Waals surface area contributed by atoms with Crippen LogP contribution in [0.15, 0.2) is 36.4 Å². The lowest BCUT2D eigenvalue weighted by molar-refractivity contribution is 1.40. The van der Waals surface area contributed by atoms with Gasteiger partial charge in [-0.25, -0.2) is 0 Å².